The van der Waals surface area contributed by atoms with Gasteiger partial charge < -0.3 is 16.2 Å². The first-order valence-corrected chi connectivity index (χ1v) is 5.69. The Morgan fingerprint density at radius 1 is 1.31 bits per heavy atom. The van der Waals surface area contributed by atoms with Crippen LogP contribution >= 0.6 is 0 Å². The topological polar surface area (TPSA) is 92.4 Å². The Kier molecular flexibility index (Phi) is 3.91. The number of aliphatic carboxylic acids is 1. The molecule has 5 heteroatoms. The van der Waals surface area contributed by atoms with Crippen molar-refractivity contribution in [3.63, 3.8) is 0 Å². The van der Waals surface area contributed by atoms with Gasteiger partial charge in [-0.25, -0.2) is 4.79 Å². The molecule has 92 valence electrons. The highest BCUT2D eigenvalue weighted by atomic mass is 16.4. The molecular weight excluding hydrogens is 208 g/mol. The standard InChI is InChI=1S/C11H20N2O3/c1-7(2)8(9(14)15)13-10(16)11(12)5-3-4-6-11/h7-8H,3-6,12H2,1-2H3,(H,13,16)(H,14,15)/t8-/m1/s1. The zero-order chi connectivity index (χ0) is 12.3. The molecule has 1 fully saturated rings. The zero-order valence-electron chi connectivity index (χ0n) is 9.82. The summed E-state index contributed by atoms with van der Waals surface area (Å²) in [6, 6.07) is -0.853. The first-order chi connectivity index (χ1) is 7.37. The number of carboxylic acid groups (broad SMARTS) is 1. The molecule has 0 aromatic heterocycles. The van der Waals surface area contributed by atoms with E-state index < -0.39 is 17.6 Å². The van der Waals surface area contributed by atoms with Crippen LogP contribution in [-0.2, 0) is 9.59 Å². The Labute approximate surface area is 95.4 Å². The van der Waals surface area contributed by atoms with Crippen molar-refractivity contribution in [3.8, 4) is 0 Å². The minimum Gasteiger partial charge on any atom is -0.480 e. The van der Waals surface area contributed by atoms with Gasteiger partial charge >= 0.3 is 5.97 Å². The van der Waals surface area contributed by atoms with E-state index >= 15 is 0 Å². The van der Waals surface area contributed by atoms with Crippen molar-refractivity contribution in [3.05, 3.63) is 0 Å². The number of hydrogen-bond donors (Lipinski definition) is 3. The molecule has 1 aliphatic rings. The van der Waals surface area contributed by atoms with Crippen LogP contribution in [0.2, 0.25) is 0 Å². The lowest BCUT2D eigenvalue weighted by molar-refractivity contribution is -0.144. The van der Waals surface area contributed by atoms with E-state index in [2.05, 4.69) is 5.32 Å². The maximum Gasteiger partial charge on any atom is 0.326 e. The molecule has 16 heavy (non-hydrogen) atoms. The second-order valence-electron chi connectivity index (χ2n) is 4.90. The van der Waals surface area contributed by atoms with Crippen LogP contribution in [0.3, 0.4) is 0 Å². The maximum atomic E-state index is 11.9. The summed E-state index contributed by atoms with van der Waals surface area (Å²) in [5.41, 5.74) is 5.09. The third-order valence-electron chi connectivity index (χ3n) is 3.17. The van der Waals surface area contributed by atoms with E-state index in [1.807, 2.05) is 0 Å². The van der Waals surface area contributed by atoms with E-state index in [4.69, 9.17) is 10.8 Å². The minimum atomic E-state index is -1.01. The van der Waals surface area contributed by atoms with Crippen molar-refractivity contribution < 1.29 is 14.7 Å². The number of carboxylic acids is 1. The smallest absolute Gasteiger partial charge is 0.326 e. The van der Waals surface area contributed by atoms with Gasteiger partial charge in [0.2, 0.25) is 5.91 Å². The van der Waals surface area contributed by atoms with Crippen LogP contribution in [0.15, 0.2) is 0 Å². The van der Waals surface area contributed by atoms with Gasteiger partial charge in [-0.05, 0) is 18.8 Å². The molecule has 0 unspecified atom stereocenters. The fourth-order valence-electron chi connectivity index (χ4n) is 2.03. The first kappa shape index (κ1) is 13.0. The second kappa shape index (κ2) is 4.82. The molecule has 0 radical (unpaired) electrons. The summed E-state index contributed by atoms with van der Waals surface area (Å²) in [4.78, 5) is 22.8. The summed E-state index contributed by atoms with van der Waals surface area (Å²) in [6.45, 7) is 3.52. The lowest BCUT2D eigenvalue weighted by atomic mass is 9.96. The quantitative estimate of drug-likeness (QED) is 0.652. The molecule has 1 aliphatic carbocycles. The van der Waals surface area contributed by atoms with E-state index in [1.54, 1.807) is 13.8 Å². The van der Waals surface area contributed by atoms with Gasteiger partial charge in [-0.3, -0.25) is 4.79 Å². The fraction of sp³-hybridized carbons (Fsp3) is 0.818. The van der Waals surface area contributed by atoms with Gasteiger partial charge in [0, 0.05) is 0 Å². The summed E-state index contributed by atoms with van der Waals surface area (Å²) in [6.07, 6.45) is 3.15. The van der Waals surface area contributed by atoms with Crippen LogP contribution in [0, 0.1) is 5.92 Å². The van der Waals surface area contributed by atoms with E-state index in [9.17, 15) is 9.59 Å². The van der Waals surface area contributed by atoms with E-state index in [-0.39, 0.29) is 11.8 Å². The van der Waals surface area contributed by atoms with Crippen LogP contribution in [0.4, 0.5) is 0 Å². The summed E-state index contributed by atoms with van der Waals surface area (Å²) in [5.74, 6) is -1.48. The Hall–Kier alpha value is -1.10. The van der Waals surface area contributed by atoms with Gasteiger partial charge in [-0.2, -0.15) is 0 Å². The summed E-state index contributed by atoms with van der Waals surface area (Å²) in [7, 11) is 0. The molecule has 0 aliphatic heterocycles. The van der Waals surface area contributed by atoms with Crippen molar-refractivity contribution in [2.24, 2.45) is 11.7 Å². The van der Waals surface area contributed by atoms with Crippen LogP contribution in [-0.4, -0.2) is 28.6 Å². The van der Waals surface area contributed by atoms with E-state index in [0.29, 0.717) is 12.8 Å². The Balaban J connectivity index is 2.65. The van der Waals surface area contributed by atoms with Gasteiger partial charge in [0.1, 0.15) is 6.04 Å². The molecule has 1 saturated carbocycles. The second-order valence-corrected chi connectivity index (χ2v) is 4.90. The van der Waals surface area contributed by atoms with E-state index in [0.717, 1.165) is 12.8 Å². The fourth-order valence-corrected chi connectivity index (χ4v) is 2.03. The predicted octanol–water partition coefficient (Wildman–Crippen LogP) is 0.483. The molecule has 1 atom stereocenters. The van der Waals surface area contributed by atoms with Crippen LogP contribution in [0.25, 0.3) is 0 Å². The summed E-state index contributed by atoms with van der Waals surface area (Å²) >= 11 is 0. The Bertz CT molecular complexity index is 283. The third kappa shape index (κ3) is 2.72. The Morgan fingerprint density at radius 2 is 1.81 bits per heavy atom. The number of hydrogen-bond acceptors (Lipinski definition) is 3. The monoisotopic (exact) mass is 228 g/mol. The van der Waals surface area contributed by atoms with Gasteiger partial charge in [0.15, 0.2) is 0 Å². The number of nitrogens with two attached hydrogens (primary N) is 1. The molecule has 1 amide bonds. The highest BCUT2D eigenvalue weighted by Gasteiger charge is 2.39. The predicted molar refractivity (Wildman–Crippen MR) is 59.8 cm³/mol. The van der Waals surface area contributed by atoms with Crippen LogP contribution < -0.4 is 11.1 Å². The lowest BCUT2D eigenvalue weighted by Crippen LogP contribution is -2.57. The molecule has 0 spiro atoms. The molecule has 0 heterocycles. The molecule has 0 aromatic rings. The van der Waals surface area contributed by atoms with Crippen LogP contribution in [0.1, 0.15) is 39.5 Å². The van der Waals surface area contributed by atoms with Gasteiger partial charge in [-0.15, -0.1) is 0 Å². The number of nitrogens with one attached hydrogen (secondary N) is 1. The highest BCUT2D eigenvalue weighted by molar-refractivity contribution is 5.90. The SMILES string of the molecule is CC(C)[C@@H](NC(=O)C1(N)CCCC1)C(=O)O. The molecular formula is C11H20N2O3. The summed E-state index contributed by atoms with van der Waals surface area (Å²) < 4.78 is 0. The summed E-state index contributed by atoms with van der Waals surface area (Å²) in [5, 5.41) is 11.5. The van der Waals surface area contributed by atoms with Gasteiger partial charge in [0.05, 0.1) is 5.54 Å². The molecule has 4 N–H and O–H groups in total. The molecule has 0 aromatic carbocycles. The van der Waals surface area contributed by atoms with Crippen molar-refractivity contribution in [1.29, 1.82) is 0 Å². The average Bonchev–Trinajstić information content (AvgIpc) is 2.61. The number of carbonyl (C=O) groups excluding carboxylic acids is 1. The molecule has 5 nitrogen and oxygen atoms in total. The van der Waals surface area contributed by atoms with Gasteiger partial charge in [-0.1, -0.05) is 26.7 Å². The molecule has 0 saturated heterocycles. The van der Waals surface area contributed by atoms with Crippen LogP contribution in [0.5, 0.6) is 0 Å². The minimum absolute atomic E-state index is 0.147. The van der Waals surface area contributed by atoms with Crippen molar-refractivity contribution in [2.45, 2.75) is 51.1 Å². The number of rotatable bonds is 4. The zero-order valence-corrected chi connectivity index (χ0v) is 9.82. The third-order valence-corrected chi connectivity index (χ3v) is 3.17. The molecule has 1 rings (SSSR count). The number of amides is 1. The molecule has 0 bridgehead atoms. The van der Waals surface area contributed by atoms with E-state index in [1.165, 1.54) is 0 Å². The van der Waals surface area contributed by atoms with Crippen molar-refractivity contribution in [2.75, 3.05) is 0 Å². The van der Waals surface area contributed by atoms with Crippen molar-refractivity contribution >= 4 is 11.9 Å². The van der Waals surface area contributed by atoms with Gasteiger partial charge in [0.25, 0.3) is 0 Å². The average molecular weight is 228 g/mol. The largest absolute Gasteiger partial charge is 0.480 e. The van der Waals surface area contributed by atoms with Crippen molar-refractivity contribution in [1.82, 2.24) is 5.32 Å². The maximum absolute atomic E-state index is 11.9. The number of carbonyl (C=O) groups is 2. The highest BCUT2D eigenvalue weighted by Crippen LogP contribution is 2.27. The Morgan fingerprint density at radius 3 is 2.19 bits per heavy atom. The normalized spacial score (nSPS) is 20.8. The first-order valence-electron chi connectivity index (χ1n) is 5.69. The lowest BCUT2D eigenvalue weighted by Gasteiger charge is -2.26.